The molecule has 2 heterocycles. The number of carboxylic acids is 1. The van der Waals surface area contributed by atoms with Gasteiger partial charge in [-0.25, -0.2) is 9.59 Å². The fraction of sp³-hybridized carbons (Fsp3) is 0.667. The third-order valence-corrected chi connectivity index (χ3v) is 3.53. The van der Waals surface area contributed by atoms with E-state index in [0.29, 0.717) is 19.6 Å². The molecule has 2 N–H and O–H groups in total. The van der Waals surface area contributed by atoms with Crippen molar-refractivity contribution in [3.05, 3.63) is 12.4 Å². The monoisotopic (exact) mass is 281 g/mol. The van der Waals surface area contributed by atoms with Crippen molar-refractivity contribution in [1.82, 2.24) is 25.2 Å². The summed E-state index contributed by atoms with van der Waals surface area (Å²) in [6, 6.07) is -1.02. The molecule has 110 valence electrons. The molecule has 0 bridgehead atoms. The number of likely N-dealkylation sites (tertiary alicyclic amines) is 1. The Morgan fingerprint density at radius 3 is 2.95 bits per heavy atom. The van der Waals surface area contributed by atoms with E-state index in [0.717, 1.165) is 12.8 Å². The molecule has 0 spiro atoms. The minimum atomic E-state index is -0.937. The Kier molecular flexibility index (Phi) is 4.54. The maximum absolute atomic E-state index is 12.0. The summed E-state index contributed by atoms with van der Waals surface area (Å²) in [4.78, 5) is 24.6. The van der Waals surface area contributed by atoms with Gasteiger partial charge in [0.1, 0.15) is 6.04 Å². The number of aliphatic carboxylic acids is 1. The van der Waals surface area contributed by atoms with Crippen molar-refractivity contribution >= 4 is 12.0 Å². The average Bonchev–Trinajstić information content (AvgIpc) is 3.03. The van der Waals surface area contributed by atoms with Crippen LogP contribution in [0.4, 0.5) is 4.79 Å². The molecule has 8 nitrogen and oxygen atoms in total. The van der Waals surface area contributed by atoms with Crippen molar-refractivity contribution < 1.29 is 14.7 Å². The van der Waals surface area contributed by atoms with Gasteiger partial charge in [0.25, 0.3) is 0 Å². The number of aryl methyl sites for hydroxylation is 1. The van der Waals surface area contributed by atoms with E-state index in [2.05, 4.69) is 15.6 Å². The Balaban J connectivity index is 1.75. The van der Waals surface area contributed by atoms with Crippen LogP contribution in [0.2, 0.25) is 0 Å². The molecular formula is C12H19N5O3. The van der Waals surface area contributed by atoms with Crippen molar-refractivity contribution in [2.24, 2.45) is 5.92 Å². The maximum Gasteiger partial charge on any atom is 0.326 e. The minimum Gasteiger partial charge on any atom is -0.480 e. The number of nitrogens with zero attached hydrogens (tertiary/aromatic N) is 4. The zero-order valence-electron chi connectivity index (χ0n) is 11.4. The van der Waals surface area contributed by atoms with Gasteiger partial charge in [0.15, 0.2) is 0 Å². The highest BCUT2D eigenvalue weighted by Gasteiger charge is 2.39. The van der Waals surface area contributed by atoms with Gasteiger partial charge in [0.05, 0.1) is 6.20 Å². The topological polar surface area (TPSA) is 100 Å². The quantitative estimate of drug-likeness (QED) is 0.749. The number of nitrogens with one attached hydrogen (secondary N) is 1. The molecule has 2 atom stereocenters. The third kappa shape index (κ3) is 3.25. The average molecular weight is 281 g/mol. The molecule has 20 heavy (non-hydrogen) atoms. The Morgan fingerprint density at radius 1 is 1.50 bits per heavy atom. The second-order valence-electron chi connectivity index (χ2n) is 4.99. The van der Waals surface area contributed by atoms with Gasteiger partial charge in [-0.15, -0.1) is 5.10 Å². The summed E-state index contributed by atoms with van der Waals surface area (Å²) in [5, 5.41) is 19.4. The van der Waals surface area contributed by atoms with Crippen LogP contribution < -0.4 is 5.32 Å². The van der Waals surface area contributed by atoms with Crippen LogP contribution in [0.1, 0.15) is 19.8 Å². The van der Waals surface area contributed by atoms with E-state index in [-0.39, 0.29) is 11.9 Å². The van der Waals surface area contributed by atoms with Gasteiger partial charge in [-0.05, 0) is 18.8 Å². The zero-order valence-corrected chi connectivity index (χ0v) is 11.4. The fourth-order valence-electron chi connectivity index (χ4n) is 2.44. The Labute approximate surface area is 116 Å². The van der Waals surface area contributed by atoms with E-state index in [1.54, 1.807) is 17.1 Å². The fourth-order valence-corrected chi connectivity index (χ4v) is 2.44. The largest absolute Gasteiger partial charge is 0.480 e. The van der Waals surface area contributed by atoms with Crippen molar-refractivity contribution in [2.75, 3.05) is 13.1 Å². The smallest absolute Gasteiger partial charge is 0.326 e. The molecule has 1 aliphatic rings. The highest BCUT2D eigenvalue weighted by atomic mass is 16.4. The van der Waals surface area contributed by atoms with E-state index in [1.165, 1.54) is 4.90 Å². The van der Waals surface area contributed by atoms with Gasteiger partial charge in [-0.3, -0.25) is 4.68 Å². The molecule has 1 aliphatic heterocycles. The summed E-state index contributed by atoms with van der Waals surface area (Å²) < 4.78 is 1.68. The summed E-state index contributed by atoms with van der Waals surface area (Å²) >= 11 is 0. The van der Waals surface area contributed by atoms with Crippen molar-refractivity contribution in [3.63, 3.8) is 0 Å². The lowest BCUT2D eigenvalue weighted by molar-refractivity contribution is -0.142. The van der Waals surface area contributed by atoms with Crippen molar-refractivity contribution in [3.8, 4) is 0 Å². The number of urea groups is 1. The number of rotatable bonds is 5. The van der Waals surface area contributed by atoms with Crippen LogP contribution >= 0.6 is 0 Å². The van der Waals surface area contributed by atoms with E-state index in [4.69, 9.17) is 5.11 Å². The molecule has 0 saturated carbocycles. The second kappa shape index (κ2) is 6.36. The van der Waals surface area contributed by atoms with Gasteiger partial charge in [0, 0.05) is 25.8 Å². The molecule has 0 aromatic carbocycles. The van der Waals surface area contributed by atoms with Crippen LogP contribution in [0.5, 0.6) is 0 Å². The summed E-state index contributed by atoms with van der Waals surface area (Å²) in [7, 11) is 0. The molecule has 8 heteroatoms. The van der Waals surface area contributed by atoms with Gasteiger partial charge in [-0.2, -0.15) is 0 Å². The predicted molar refractivity (Wildman–Crippen MR) is 69.9 cm³/mol. The Morgan fingerprint density at radius 2 is 2.30 bits per heavy atom. The number of hydrogen-bond acceptors (Lipinski definition) is 4. The van der Waals surface area contributed by atoms with Gasteiger partial charge in [-0.1, -0.05) is 12.1 Å². The molecule has 2 amide bonds. The van der Waals surface area contributed by atoms with Crippen LogP contribution in [-0.4, -0.2) is 56.1 Å². The number of carbonyl (C=O) groups excluding carboxylic acids is 1. The first-order valence-electron chi connectivity index (χ1n) is 6.71. The molecule has 2 unspecified atom stereocenters. The first kappa shape index (κ1) is 14.3. The van der Waals surface area contributed by atoms with Gasteiger partial charge < -0.3 is 15.3 Å². The lowest BCUT2D eigenvalue weighted by Crippen LogP contribution is -2.47. The summed E-state index contributed by atoms with van der Waals surface area (Å²) in [5.41, 5.74) is 0. The SMILES string of the molecule is CC1CCN(C(=O)NCCCn2ccnn2)C1C(=O)O. The van der Waals surface area contributed by atoms with Crippen LogP contribution in [-0.2, 0) is 11.3 Å². The molecule has 1 fully saturated rings. The number of carbonyl (C=O) groups is 2. The lowest BCUT2D eigenvalue weighted by Gasteiger charge is -2.23. The molecule has 2 rings (SSSR count). The van der Waals surface area contributed by atoms with Crippen LogP contribution in [0.15, 0.2) is 12.4 Å². The first-order chi connectivity index (χ1) is 9.59. The predicted octanol–water partition coefficient (Wildman–Crippen LogP) is 0.173. The van der Waals surface area contributed by atoms with E-state index in [9.17, 15) is 9.59 Å². The number of aromatic nitrogens is 3. The molecular weight excluding hydrogens is 262 g/mol. The molecule has 0 aliphatic carbocycles. The van der Waals surface area contributed by atoms with Crippen LogP contribution in [0.25, 0.3) is 0 Å². The summed E-state index contributed by atoms with van der Waals surface area (Å²) in [6.45, 7) is 3.50. The number of hydrogen-bond donors (Lipinski definition) is 2. The van der Waals surface area contributed by atoms with Crippen LogP contribution in [0, 0.1) is 5.92 Å². The van der Waals surface area contributed by atoms with E-state index >= 15 is 0 Å². The maximum atomic E-state index is 12.0. The van der Waals surface area contributed by atoms with E-state index in [1.807, 2.05) is 6.92 Å². The van der Waals surface area contributed by atoms with Gasteiger partial charge >= 0.3 is 12.0 Å². The van der Waals surface area contributed by atoms with Crippen molar-refractivity contribution in [2.45, 2.75) is 32.4 Å². The summed E-state index contributed by atoms with van der Waals surface area (Å²) in [5.74, 6) is -0.943. The molecule has 1 aromatic rings. The minimum absolute atomic E-state index is 0.00611. The molecule has 1 saturated heterocycles. The van der Waals surface area contributed by atoms with Gasteiger partial charge in [0.2, 0.25) is 0 Å². The lowest BCUT2D eigenvalue weighted by atomic mass is 10.0. The zero-order chi connectivity index (χ0) is 14.5. The number of carboxylic acid groups (broad SMARTS) is 1. The highest BCUT2D eigenvalue weighted by Crippen LogP contribution is 2.23. The normalized spacial score (nSPS) is 21.9. The Bertz CT molecular complexity index is 462. The molecule has 0 radical (unpaired) electrons. The summed E-state index contributed by atoms with van der Waals surface area (Å²) in [6.07, 6.45) is 4.80. The number of amides is 2. The highest BCUT2D eigenvalue weighted by molar-refractivity contribution is 5.83. The second-order valence-corrected chi connectivity index (χ2v) is 4.99. The van der Waals surface area contributed by atoms with Crippen molar-refractivity contribution in [1.29, 1.82) is 0 Å². The van der Waals surface area contributed by atoms with E-state index < -0.39 is 12.0 Å². The third-order valence-electron chi connectivity index (χ3n) is 3.53. The standard InChI is InChI=1S/C12H19N5O3/c1-9-3-7-17(10(9)11(18)19)12(20)13-4-2-6-16-8-5-14-15-16/h5,8-10H,2-4,6-7H2,1H3,(H,13,20)(H,18,19). The molecule has 1 aromatic heterocycles. The van der Waals surface area contributed by atoms with Crippen LogP contribution in [0.3, 0.4) is 0 Å². The Hall–Kier alpha value is -2.12. The first-order valence-corrected chi connectivity index (χ1v) is 6.71.